The van der Waals surface area contributed by atoms with Crippen molar-refractivity contribution in [1.29, 1.82) is 0 Å². The van der Waals surface area contributed by atoms with E-state index in [0.29, 0.717) is 16.9 Å². The minimum absolute atomic E-state index is 0.176. The van der Waals surface area contributed by atoms with E-state index in [9.17, 15) is 4.79 Å². The fourth-order valence-electron chi connectivity index (χ4n) is 1.13. The minimum Gasteiger partial charge on any atom is -0.452 e. The van der Waals surface area contributed by atoms with E-state index in [1.807, 2.05) is 12.1 Å². The number of benzene rings is 1. The molecule has 0 saturated heterocycles. The summed E-state index contributed by atoms with van der Waals surface area (Å²) in [6.45, 7) is 0. The molecule has 13 heavy (non-hydrogen) atoms. The van der Waals surface area contributed by atoms with Gasteiger partial charge in [0, 0.05) is 9.86 Å². The lowest BCUT2D eigenvalue weighted by atomic mass is 10.2. The highest BCUT2D eigenvalue weighted by molar-refractivity contribution is 9.10. The van der Waals surface area contributed by atoms with Crippen molar-refractivity contribution in [2.75, 3.05) is 0 Å². The van der Waals surface area contributed by atoms with Crippen molar-refractivity contribution < 1.29 is 9.21 Å². The molecule has 1 aromatic carbocycles. The van der Waals surface area contributed by atoms with E-state index < -0.39 is 0 Å². The van der Waals surface area contributed by atoms with Gasteiger partial charge in [-0.25, -0.2) is 0 Å². The summed E-state index contributed by atoms with van der Waals surface area (Å²) >= 11 is 9.19. The molecule has 0 spiro atoms. The smallest absolute Gasteiger partial charge is 0.186 e. The zero-order valence-corrected chi connectivity index (χ0v) is 8.72. The Morgan fingerprint density at radius 1 is 1.46 bits per heavy atom. The molecule has 1 aromatic heterocycles. The number of carbonyl (C=O) groups is 1. The van der Waals surface area contributed by atoms with Crippen LogP contribution in [0.1, 0.15) is 10.6 Å². The Bertz CT molecular complexity index is 476. The Labute approximate surface area is 87.6 Å². The Kier molecular flexibility index (Phi) is 2.14. The van der Waals surface area contributed by atoms with Gasteiger partial charge in [0.15, 0.2) is 12.0 Å². The molecule has 0 aliphatic carbocycles. The third-order valence-corrected chi connectivity index (χ3v) is 2.60. The van der Waals surface area contributed by atoms with Crippen LogP contribution in [-0.2, 0) is 0 Å². The van der Waals surface area contributed by atoms with E-state index in [2.05, 4.69) is 15.9 Å². The number of furan rings is 1. The molecule has 0 saturated carbocycles. The molecule has 4 heteroatoms. The first kappa shape index (κ1) is 8.78. The van der Waals surface area contributed by atoms with Crippen molar-refractivity contribution in [3.8, 4) is 0 Å². The number of hydrogen-bond acceptors (Lipinski definition) is 2. The Hall–Kier alpha value is -0.800. The van der Waals surface area contributed by atoms with Gasteiger partial charge in [-0.05, 0) is 18.2 Å². The van der Waals surface area contributed by atoms with Gasteiger partial charge in [0.05, 0.1) is 5.02 Å². The standard InChI is InChI=1S/C9H4BrClO2/c10-5-1-2-7-6(3-5)9(11)8(4-12)13-7/h1-4H. The number of aldehydes is 1. The number of fused-ring (bicyclic) bond motifs is 1. The van der Waals surface area contributed by atoms with Crippen molar-refractivity contribution in [2.45, 2.75) is 0 Å². The molecule has 0 bridgehead atoms. The summed E-state index contributed by atoms with van der Waals surface area (Å²) in [7, 11) is 0. The zero-order valence-electron chi connectivity index (χ0n) is 6.38. The second kappa shape index (κ2) is 3.16. The van der Waals surface area contributed by atoms with Crippen LogP contribution in [0.25, 0.3) is 11.0 Å². The molecule has 1 heterocycles. The number of hydrogen-bond donors (Lipinski definition) is 0. The van der Waals surface area contributed by atoms with E-state index in [-0.39, 0.29) is 5.76 Å². The minimum atomic E-state index is 0.176. The first-order chi connectivity index (χ1) is 6.22. The first-order valence-electron chi connectivity index (χ1n) is 3.55. The highest BCUT2D eigenvalue weighted by Crippen LogP contribution is 2.31. The van der Waals surface area contributed by atoms with Crippen molar-refractivity contribution in [2.24, 2.45) is 0 Å². The number of rotatable bonds is 1. The van der Waals surface area contributed by atoms with Gasteiger partial charge in [0.1, 0.15) is 5.58 Å². The predicted octanol–water partition coefficient (Wildman–Crippen LogP) is 3.66. The average Bonchev–Trinajstić information content (AvgIpc) is 2.44. The third kappa shape index (κ3) is 1.38. The molecule has 0 unspecified atom stereocenters. The maximum Gasteiger partial charge on any atom is 0.186 e. The van der Waals surface area contributed by atoms with Gasteiger partial charge in [0.2, 0.25) is 0 Å². The molecular formula is C9H4BrClO2. The summed E-state index contributed by atoms with van der Waals surface area (Å²) in [5.41, 5.74) is 0.621. The van der Waals surface area contributed by atoms with Crippen LogP contribution < -0.4 is 0 Å². The van der Waals surface area contributed by atoms with Crippen molar-refractivity contribution in [3.05, 3.63) is 33.5 Å². The monoisotopic (exact) mass is 258 g/mol. The molecular weight excluding hydrogens is 255 g/mol. The van der Waals surface area contributed by atoms with E-state index in [4.69, 9.17) is 16.0 Å². The van der Waals surface area contributed by atoms with Crippen molar-refractivity contribution in [3.63, 3.8) is 0 Å². The molecule has 2 aromatic rings. The molecule has 0 atom stereocenters. The van der Waals surface area contributed by atoms with Gasteiger partial charge in [-0.15, -0.1) is 0 Å². The van der Waals surface area contributed by atoms with Gasteiger partial charge < -0.3 is 4.42 Å². The number of halogens is 2. The second-order valence-electron chi connectivity index (χ2n) is 2.54. The fraction of sp³-hybridized carbons (Fsp3) is 0. The Morgan fingerprint density at radius 2 is 2.23 bits per heavy atom. The molecule has 66 valence electrons. The van der Waals surface area contributed by atoms with Gasteiger partial charge in [0.25, 0.3) is 0 Å². The molecule has 0 amide bonds. The van der Waals surface area contributed by atoms with E-state index >= 15 is 0 Å². The predicted molar refractivity (Wildman–Crippen MR) is 54.3 cm³/mol. The lowest BCUT2D eigenvalue weighted by Gasteiger charge is -1.88. The molecule has 2 nitrogen and oxygen atoms in total. The Balaban J connectivity index is 2.84. The van der Waals surface area contributed by atoms with E-state index in [1.165, 1.54) is 0 Å². The second-order valence-corrected chi connectivity index (χ2v) is 3.83. The summed E-state index contributed by atoms with van der Waals surface area (Å²) in [6, 6.07) is 5.41. The maximum absolute atomic E-state index is 10.5. The van der Waals surface area contributed by atoms with Crippen LogP contribution in [0.15, 0.2) is 27.1 Å². The third-order valence-electron chi connectivity index (χ3n) is 1.72. The van der Waals surface area contributed by atoms with Gasteiger partial charge in [-0.1, -0.05) is 27.5 Å². The largest absolute Gasteiger partial charge is 0.452 e. The molecule has 2 rings (SSSR count). The molecule has 0 N–H and O–H groups in total. The lowest BCUT2D eigenvalue weighted by molar-refractivity contribution is 0.110. The van der Waals surface area contributed by atoms with Crippen LogP contribution in [0.2, 0.25) is 5.02 Å². The lowest BCUT2D eigenvalue weighted by Crippen LogP contribution is -1.71. The molecule has 0 radical (unpaired) electrons. The van der Waals surface area contributed by atoms with Crippen LogP contribution >= 0.6 is 27.5 Å². The average molecular weight is 259 g/mol. The van der Waals surface area contributed by atoms with E-state index in [0.717, 1.165) is 9.86 Å². The summed E-state index contributed by atoms with van der Waals surface area (Å²) in [5, 5.41) is 1.12. The molecule has 0 aliphatic heterocycles. The van der Waals surface area contributed by atoms with E-state index in [1.54, 1.807) is 6.07 Å². The van der Waals surface area contributed by atoms with Crippen LogP contribution in [0.4, 0.5) is 0 Å². The zero-order chi connectivity index (χ0) is 9.42. The molecule has 0 fully saturated rings. The normalized spacial score (nSPS) is 10.6. The van der Waals surface area contributed by atoms with Crippen LogP contribution in [0.3, 0.4) is 0 Å². The first-order valence-corrected chi connectivity index (χ1v) is 4.72. The summed E-state index contributed by atoms with van der Waals surface area (Å²) < 4.78 is 6.09. The maximum atomic E-state index is 10.5. The van der Waals surface area contributed by atoms with Crippen molar-refractivity contribution in [1.82, 2.24) is 0 Å². The van der Waals surface area contributed by atoms with Crippen molar-refractivity contribution >= 4 is 44.8 Å². The highest BCUT2D eigenvalue weighted by Gasteiger charge is 2.10. The molecule has 0 aliphatic rings. The summed E-state index contributed by atoms with van der Waals surface area (Å²) in [6.07, 6.45) is 0.607. The van der Waals surface area contributed by atoms with Gasteiger partial charge >= 0.3 is 0 Å². The fourth-order valence-corrected chi connectivity index (χ4v) is 1.73. The van der Waals surface area contributed by atoms with Gasteiger partial charge in [-0.2, -0.15) is 0 Å². The van der Waals surface area contributed by atoms with Crippen LogP contribution in [-0.4, -0.2) is 6.29 Å². The number of carbonyl (C=O) groups excluding carboxylic acids is 1. The van der Waals surface area contributed by atoms with Crippen LogP contribution in [0, 0.1) is 0 Å². The quantitative estimate of drug-likeness (QED) is 0.732. The summed E-state index contributed by atoms with van der Waals surface area (Å²) in [4.78, 5) is 10.5. The topological polar surface area (TPSA) is 30.2 Å². The van der Waals surface area contributed by atoms with Gasteiger partial charge in [-0.3, -0.25) is 4.79 Å². The van der Waals surface area contributed by atoms with Crippen LogP contribution in [0.5, 0.6) is 0 Å². The highest BCUT2D eigenvalue weighted by atomic mass is 79.9. The Morgan fingerprint density at radius 3 is 2.92 bits per heavy atom. The SMILES string of the molecule is O=Cc1oc2ccc(Br)cc2c1Cl. The summed E-state index contributed by atoms with van der Waals surface area (Å²) in [5.74, 6) is 0.176.